The van der Waals surface area contributed by atoms with E-state index in [0.29, 0.717) is 24.4 Å². The third-order valence-electron chi connectivity index (χ3n) is 1.32. The van der Waals surface area contributed by atoms with E-state index >= 15 is 0 Å². The second-order valence-electron chi connectivity index (χ2n) is 2.01. The van der Waals surface area contributed by atoms with Gasteiger partial charge in [-0.1, -0.05) is 12.8 Å². The first-order valence-electron chi connectivity index (χ1n) is 2.65. The summed E-state index contributed by atoms with van der Waals surface area (Å²) in [6, 6.07) is 0. The predicted octanol–water partition coefficient (Wildman–Crippen LogP) is -2.63. The summed E-state index contributed by atoms with van der Waals surface area (Å²) < 4.78 is 0. The van der Waals surface area contributed by atoms with Crippen molar-refractivity contribution in [3.05, 3.63) is 5.92 Å². The van der Waals surface area contributed by atoms with Gasteiger partial charge in [-0.3, -0.25) is 5.92 Å². The molecule has 0 N–H and O–H groups in total. The van der Waals surface area contributed by atoms with Crippen molar-refractivity contribution in [2.75, 3.05) is 0 Å². The van der Waals surface area contributed by atoms with Gasteiger partial charge in [-0.05, 0) is 12.6 Å². The summed E-state index contributed by atoms with van der Waals surface area (Å²) in [5, 5.41) is 0. The van der Waals surface area contributed by atoms with Crippen LogP contribution in [0, 0.1) is 11.8 Å². The molecular formula is C6H7NaO2. The van der Waals surface area contributed by atoms with Crippen LogP contribution >= 0.6 is 0 Å². The van der Waals surface area contributed by atoms with Gasteiger partial charge in [-0.2, -0.15) is 0 Å². The third kappa shape index (κ3) is 2.52. The van der Waals surface area contributed by atoms with Crippen LogP contribution in [0.25, 0.3) is 0 Å². The molecular weight excluding hydrogens is 127 g/mol. The van der Waals surface area contributed by atoms with Gasteiger partial charge in [0.1, 0.15) is 0 Å². The Morgan fingerprint density at radius 3 is 1.78 bits per heavy atom. The second-order valence-corrected chi connectivity index (χ2v) is 2.01. The first-order chi connectivity index (χ1) is 3.88. The summed E-state index contributed by atoms with van der Waals surface area (Å²) in [5.41, 5.74) is 0. The fourth-order valence-electron chi connectivity index (χ4n) is 0.637. The topological polar surface area (TPSA) is 34.1 Å². The summed E-state index contributed by atoms with van der Waals surface area (Å²) in [7, 11) is 0. The van der Waals surface area contributed by atoms with Crippen LogP contribution in [-0.4, -0.2) is 12.6 Å². The Morgan fingerprint density at radius 2 is 1.67 bits per heavy atom. The largest absolute Gasteiger partial charge is 1.00 e. The molecule has 3 heteroatoms. The van der Waals surface area contributed by atoms with E-state index in [1.165, 1.54) is 0 Å². The van der Waals surface area contributed by atoms with Gasteiger partial charge in [0.15, 0.2) is 0 Å². The summed E-state index contributed by atoms with van der Waals surface area (Å²) in [4.78, 5) is 19.9. The van der Waals surface area contributed by atoms with Crippen LogP contribution in [0.1, 0.15) is 12.8 Å². The van der Waals surface area contributed by atoms with E-state index in [1.54, 1.807) is 0 Å². The quantitative estimate of drug-likeness (QED) is 0.183. The minimum Gasteiger partial charge on any atom is -0.337 e. The monoisotopic (exact) mass is 134 g/mol. The Balaban J connectivity index is 0.000000640. The molecule has 0 radical (unpaired) electrons. The standard InChI is InChI=1S/C6H7O2.Na/c7-3-6(4-8)5-1-2-5;/h3-5H,1-2H2;/q-1;+1. The van der Waals surface area contributed by atoms with Crippen LogP contribution in [0.4, 0.5) is 0 Å². The average molecular weight is 134 g/mol. The SMILES string of the molecule is O=C[C-](C=O)C1CC1.[Na+]. The van der Waals surface area contributed by atoms with Crippen LogP contribution in [0.2, 0.25) is 0 Å². The Hall–Kier alpha value is 0.210. The molecule has 0 heterocycles. The van der Waals surface area contributed by atoms with Crippen molar-refractivity contribution in [2.45, 2.75) is 12.8 Å². The minimum absolute atomic E-state index is 0. The fourth-order valence-corrected chi connectivity index (χ4v) is 0.637. The molecule has 0 amide bonds. The maximum atomic E-state index is 9.95. The van der Waals surface area contributed by atoms with Gasteiger partial charge in [0, 0.05) is 0 Å². The number of carbonyl (C=O) groups excluding carboxylic acids is 2. The van der Waals surface area contributed by atoms with Crippen LogP contribution < -0.4 is 29.6 Å². The first-order valence-corrected chi connectivity index (χ1v) is 2.65. The Kier molecular flexibility index (Phi) is 4.19. The number of hydrogen-bond acceptors (Lipinski definition) is 2. The van der Waals surface area contributed by atoms with Crippen LogP contribution in [-0.2, 0) is 9.59 Å². The van der Waals surface area contributed by atoms with E-state index in [1.807, 2.05) is 0 Å². The zero-order valence-electron chi connectivity index (χ0n) is 5.46. The molecule has 0 unspecified atom stereocenters. The second kappa shape index (κ2) is 4.09. The minimum atomic E-state index is 0. The molecule has 9 heavy (non-hydrogen) atoms. The van der Waals surface area contributed by atoms with Crippen LogP contribution in [0.3, 0.4) is 0 Å². The number of hydrogen-bond donors (Lipinski definition) is 0. The van der Waals surface area contributed by atoms with Crippen molar-refractivity contribution in [3.8, 4) is 0 Å². The number of carbonyl (C=O) groups is 2. The van der Waals surface area contributed by atoms with E-state index in [4.69, 9.17) is 0 Å². The molecule has 1 saturated carbocycles. The number of aldehydes is 2. The molecule has 1 aliphatic carbocycles. The van der Waals surface area contributed by atoms with Crippen molar-refractivity contribution in [1.29, 1.82) is 0 Å². The van der Waals surface area contributed by atoms with Crippen LogP contribution in [0.15, 0.2) is 0 Å². The maximum Gasteiger partial charge on any atom is 1.00 e. The summed E-state index contributed by atoms with van der Waals surface area (Å²) in [5.74, 6) is 0.745. The molecule has 0 aromatic rings. The Morgan fingerprint density at radius 1 is 1.22 bits per heavy atom. The smallest absolute Gasteiger partial charge is 0.337 e. The van der Waals surface area contributed by atoms with Crippen molar-refractivity contribution in [3.63, 3.8) is 0 Å². The predicted molar refractivity (Wildman–Crippen MR) is 28.1 cm³/mol. The molecule has 0 spiro atoms. The molecule has 0 saturated heterocycles. The molecule has 0 atom stereocenters. The molecule has 0 bridgehead atoms. The van der Waals surface area contributed by atoms with Gasteiger partial charge in [0.25, 0.3) is 0 Å². The van der Waals surface area contributed by atoms with Crippen LogP contribution in [0.5, 0.6) is 0 Å². The van der Waals surface area contributed by atoms with Gasteiger partial charge in [-0.15, -0.1) is 5.92 Å². The maximum absolute atomic E-state index is 9.95. The van der Waals surface area contributed by atoms with Gasteiger partial charge >= 0.3 is 29.6 Å². The number of rotatable bonds is 3. The van der Waals surface area contributed by atoms with Gasteiger partial charge in [-0.25, -0.2) is 0 Å². The Bertz CT molecular complexity index is 102. The molecule has 44 valence electrons. The molecule has 2 nitrogen and oxygen atoms in total. The van der Waals surface area contributed by atoms with Crippen molar-refractivity contribution in [1.82, 2.24) is 0 Å². The third-order valence-corrected chi connectivity index (χ3v) is 1.32. The van der Waals surface area contributed by atoms with E-state index in [9.17, 15) is 9.59 Å². The van der Waals surface area contributed by atoms with E-state index < -0.39 is 0 Å². The molecule has 1 rings (SSSR count). The molecule has 1 aliphatic rings. The molecule has 0 aromatic heterocycles. The van der Waals surface area contributed by atoms with Gasteiger partial charge in [0.2, 0.25) is 0 Å². The van der Waals surface area contributed by atoms with Crippen molar-refractivity contribution >= 4 is 12.6 Å². The van der Waals surface area contributed by atoms with E-state index in [2.05, 4.69) is 0 Å². The Labute approximate surface area is 76.3 Å². The van der Waals surface area contributed by atoms with Gasteiger partial charge < -0.3 is 9.59 Å². The molecule has 0 aliphatic heterocycles. The van der Waals surface area contributed by atoms with E-state index in [-0.39, 0.29) is 29.6 Å². The normalized spacial score (nSPS) is 15.6. The zero-order valence-corrected chi connectivity index (χ0v) is 7.46. The van der Waals surface area contributed by atoms with E-state index in [0.717, 1.165) is 12.8 Å². The zero-order chi connectivity index (χ0) is 5.98. The summed E-state index contributed by atoms with van der Waals surface area (Å²) in [6.45, 7) is 0. The molecule has 1 fully saturated rings. The average Bonchev–Trinajstić information content (AvgIpc) is 2.53. The van der Waals surface area contributed by atoms with Crippen molar-refractivity contribution in [2.24, 2.45) is 5.92 Å². The summed E-state index contributed by atoms with van der Waals surface area (Å²) in [6.07, 6.45) is 3.36. The van der Waals surface area contributed by atoms with Crippen molar-refractivity contribution < 1.29 is 39.1 Å². The van der Waals surface area contributed by atoms with Gasteiger partial charge in [0.05, 0.1) is 0 Å². The summed E-state index contributed by atoms with van der Waals surface area (Å²) >= 11 is 0. The first kappa shape index (κ1) is 9.21. The molecule has 0 aromatic carbocycles. The fraction of sp³-hybridized carbons (Fsp3) is 0.500.